The molecule has 2 aromatic heterocycles. The van der Waals surface area contributed by atoms with Gasteiger partial charge in [0.1, 0.15) is 0 Å². The number of likely N-dealkylation sites (tertiary alicyclic amines) is 1. The molecule has 1 N–H and O–H groups in total. The van der Waals surface area contributed by atoms with Crippen molar-refractivity contribution in [3.63, 3.8) is 0 Å². The molecule has 1 aliphatic rings. The molecule has 7 nitrogen and oxygen atoms in total. The SMILES string of the molecule is CC(=O)N1CCC(C(=O)Nc2cc(-c3nnc(C)o3)sc2C)CC1. The second kappa shape index (κ2) is 6.72. The van der Waals surface area contributed by atoms with Gasteiger partial charge in [-0.3, -0.25) is 9.59 Å². The molecule has 24 heavy (non-hydrogen) atoms. The van der Waals surface area contributed by atoms with Crippen molar-refractivity contribution >= 4 is 28.8 Å². The Labute approximate surface area is 144 Å². The van der Waals surface area contributed by atoms with Crippen LogP contribution in [0.2, 0.25) is 0 Å². The van der Waals surface area contributed by atoms with Crippen LogP contribution in [-0.2, 0) is 9.59 Å². The molecule has 2 aromatic rings. The monoisotopic (exact) mass is 348 g/mol. The summed E-state index contributed by atoms with van der Waals surface area (Å²) in [6, 6.07) is 1.87. The van der Waals surface area contributed by atoms with Gasteiger partial charge in [-0.2, -0.15) is 0 Å². The average Bonchev–Trinajstić information content (AvgIpc) is 3.14. The molecule has 0 bridgehead atoms. The van der Waals surface area contributed by atoms with Gasteiger partial charge in [0, 0.05) is 37.7 Å². The lowest BCUT2D eigenvalue weighted by atomic mass is 9.96. The smallest absolute Gasteiger partial charge is 0.257 e. The number of nitrogens with zero attached hydrogens (tertiary/aromatic N) is 3. The Morgan fingerprint density at radius 2 is 2.00 bits per heavy atom. The highest BCUT2D eigenvalue weighted by Gasteiger charge is 2.26. The molecule has 3 rings (SSSR count). The lowest BCUT2D eigenvalue weighted by Crippen LogP contribution is -2.40. The molecule has 8 heteroatoms. The fraction of sp³-hybridized carbons (Fsp3) is 0.500. The van der Waals surface area contributed by atoms with Crippen molar-refractivity contribution in [2.45, 2.75) is 33.6 Å². The van der Waals surface area contributed by atoms with Crippen molar-refractivity contribution in [3.8, 4) is 10.8 Å². The predicted molar refractivity (Wildman–Crippen MR) is 90.7 cm³/mol. The topological polar surface area (TPSA) is 88.3 Å². The number of hydrogen-bond acceptors (Lipinski definition) is 6. The van der Waals surface area contributed by atoms with E-state index in [1.165, 1.54) is 11.3 Å². The summed E-state index contributed by atoms with van der Waals surface area (Å²) in [4.78, 5) is 27.5. The van der Waals surface area contributed by atoms with Gasteiger partial charge in [-0.05, 0) is 25.8 Å². The second-order valence-corrected chi connectivity index (χ2v) is 7.23. The minimum atomic E-state index is -0.0611. The summed E-state index contributed by atoms with van der Waals surface area (Å²) in [6.07, 6.45) is 1.40. The van der Waals surface area contributed by atoms with Gasteiger partial charge in [-0.1, -0.05) is 0 Å². The van der Waals surface area contributed by atoms with E-state index in [0.29, 0.717) is 37.7 Å². The Bertz CT molecular complexity index is 759. The van der Waals surface area contributed by atoms with Crippen LogP contribution in [0.1, 0.15) is 30.5 Å². The van der Waals surface area contributed by atoms with Crippen molar-refractivity contribution in [1.82, 2.24) is 15.1 Å². The number of rotatable bonds is 3. The summed E-state index contributed by atoms with van der Waals surface area (Å²) in [5.41, 5.74) is 0.782. The highest BCUT2D eigenvalue weighted by atomic mass is 32.1. The minimum Gasteiger partial charge on any atom is -0.420 e. The highest BCUT2D eigenvalue weighted by Crippen LogP contribution is 2.34. The summed E-state index contributed by atoms with van der Waals surface area (Å²) < 4.78 is 5.43. The second-order valence-electron chi connectivity index (χ2n) is 5.98. The fourth-order valence-electron chi connectivity index (χ4n) is 2.80. The van der Waals surface area contributed by atoms with E-state index in [-0.39, 0.29) is 17.7 Å². The molecule has 128 valence electrons. The molecule has 0 atom stereocenters. The summed E-state index contributed by atoms with van der Waals surface area (Å²) >= 11 is 1.51. The number of anilines is 1. The van der Waals surface area contributed by atoms with Gasteiger partial charge in [0.05, 0.1) is 10.6 Å². The van der Waals surface area contributed by atoms with Crippen molar-refractivity contribution in [2.75, 3.05) is 18.4 Å². The molecular weight excluding hydrogens is 328 g/mol. The molecular formula is C16H20N4O3S. The maximum absolute atomic E-state index is 12.5. The zero-order valence-corrected chi connectivity index (χ0v) is 14.8. The Kier molecular flexibility index (Phi) is 4.66. The lowest BCUT2D eigenvalue weighted by Gasteiger charge is -2.30. The van der Waals surface area contributed by atoms with E-state index in [4.69, 9.17) is 4.42 Å². The maximum Gasteiger partial charge on any atom is 0.257 e. The zero-order valence-electron chi connectivity index (χ0n) is 14.0. The van der Waals surface area contributed by atoms with E-state index in [1.54, 1.807) is 18.7 Å². The molecule has 3 heterocycles. The number of aryl methyl sites for hydroxylation is 2. The van der Waals surface area contributed by atoms with Crippen LogP contribution in [0.25, 0.3) is 10.8 Å². The number of thiophene rings is 1. The summed E-state index contributed by atoms with van der Waals surface area (Å²) in [6.45, 7) is 6.54. The van der Waals surface area contributed by atoms with E-state index in [2.05, 4.69) is 15.5 Å². The number of amides is 2. The summed E-state index contributed by atoms with van der Waals surface area (Å²) in [7, 11) is 0. The first-order valence-electron chi connectivity index (χ1n) is 7.91. The van der Waals surface area contributed by atoms with Gasteiger partial charge in [-0.25, -0.2) is 0 Å². The van der Waals surface area contributed by atoms with E-state index >= 15 is 0 Å². The van der Waals surface area contributed by atoms with Crippen molar-refractivity contribution in [2.24, 2.45) is 5.92 Å². The third-order valence-corrected chi connectivity index (χ3v) is 5.26. The van der Waals surface area contributed by atoms with Gasteiger partial charge in [0.2, 0.25) is 17.7 Å². The van der Waals surface area contributed by atoms with Gasteiger partial charge < -0.3 is 14.6 Å². The number of piperidine rings is 1. The van der Waals surface area contributed by atoms with Crippen LogP contribution in [0.5, 0.6) is 0 Å². The van der Waals surface area contributed by atoms with Crippen LogP contribution in [0, 0.1) is 19.8 Å². The number of carbonyl (C=O) groups excluding carboxylic acids is 2. The molecule has 1 aliphatic heterocycles. The van der Waals surface area contributed by atoms with Crippen LogP contribution in [-0.4, -0.2) is 40.0 Å². The van der Waals surface area contributed by atoms with Crippen LogP contribution < -0.4 is 5.32 Å². The number of aromatic nitrogens is 2. The molecule has 2 amide bonds. The van der Waals surface area contributed by atoms with Crippen molar-refractivity contribution in [3.05, 3.63) is 16.8 Å². The summed E-state index contributed by atoms with van der Waals surface area (Å²) in [5.74, 6) is 0.998. The summed E-state index contributed by atoms with van der Waals surface area (Å²) in [5, 5.41) is 10.8. The quantitative estimate of drug-likeness (QED) is 0.921. The van der Waals surface area contributed by atoms with Crippen molar-refractivity contribution in [1.29, 1.82) is 0 Å². The molecule has 0 unspecified atom stereocenters. The standard InChI is InChI=1S/C16H20N4O3S/c1-9-13(8-14(24-9)16-19-18-10(2)23-16)17-15(22)12-4-6-20(7-5-12)11(3)21/h8,12H,4-7H2,1-3H3,(H,17,22). The zero-order chi connectivity index (χ0) is 17.3. The van der Waals surface area contributed by atoms with Crippen LogP contribution >= 0.6 is 11.3 Å². The highest BCUT2D eigenvalue weighted by molar-refractivity contribution is 7.15. The number of nitrogens with one attached hydrogen (secondary N) is 1. The molecule has 1 fully saturated rings. The lowest BCUT2D eigenvalue weighted by molar-refractivity contribution is -0.132. The van der Waals surface area contributed by atoms with Gasteiger partial charge in [-0.15, -0.1) is 21.5 Å². The largest absolute Gasteiger partial charge is 0.420 e. The van der Waals surface area contributed by atoms with Crippen molar-refractivity contribution < 1.29 is 14.0 Å². The van der Waals surface area contributed by atoms with E-state index < -0.39 is 0 Å². The first kappa shape index (κ1) is 16.6. The fourth-order valence-corrected chi connectivity index (χ4v) is 3.70. The van der Waals surface area contributed by atoms with E-state index in [0.717, 1.165) is 15.4 Å². The molecule has 0 spiro atoms. The van der Waals surface area contributed by atoms with Gasteiger partial charge in [0.25, 0.3) is 5.89 Å². The average molecular weight is 348 g/mol. The Morgan fingerprint density at radius 3 is 2.58 bits per heavy atom. The Hall–Kier alpha value is -2.22. The van der Waals surface area contributed by atoms with Crippen LogP contribution in [0.4, 0.5) is 5.69 Å². The normalized spacial score (nSPS) is 15.5. The third-order valence-electron chi connectivity index (χ3n) is 4.22. The minimum absolute atomic E-state index is 0.00682. The molecule has 0 aliphatic carbocycles. The molecule has 0 aromatic carbocycles. The van der Waals surface area contributed by atoms with Crippen LogP contribution in [0.15, 0.2) is 10.5 Å². The molecule has 0 radical (unpaired) electrons. The van der Waals surface area contributed by atoms with E-state index in [1.807, 2.05) is 13.0 Å². The molecule has 1 saturated heterocycles. The predicted octanol–water partition coefficient (Wildman–Crippen LogP) is 2.61. The van der Waals surface area contributed by atoms with E-state index in [9.17, 15) is 9.59 Å². The molecule has 0 saturated carbocycles. The first-order valence-corrected chi connectivity index (χ1v) is 8.73. The number of carbonyl (C=O) groups is 2. The van der Waals surface area contributed by atoms with Gasteiger partial charge >= 0.3 is 0 Å². The third kappa shape index (κ3) is 3.48. The van der Waals surface area contributed by atoms with Gasteiger partial charge in [0.15, 0.2) is 0 Å². The van der Waals surface area contributed by atoms with Crippen LogP contribution in [0.3, 0.4) is 0 Å². The number of hydrogen-bond donors (Lipinski definition) is 1. The maximum atomic E-state index is 12.5. The Morgan fingerprint density at radius 1 is 1.29 bits per heavy atom. The first-order chi connectivity index (χ1) is 11.4. The Balaban J connectivity index is 1.65.